The van der Waals surface area contributed by atoms with Crippen molar-refractivity contribution in [2.24, 2.45) is 0 Å². The topological polar surface area (TPSA) is 68.5 Å². The zero-order chi connectivity index (χ0) is 15.9. The average Bonchev–Trinajstić information content (AvgIpc) is 2.91. The van der Waals surface area contributed by atoms with Gasteiger partial charge in [0.1, 0.15) is 12.8 Å². The first-order valence-electron chi connectivity index (χ1n) is 7.06. The van der Waals surface area contributed by atoms with Crippen molar-refractivity contribution in [1.29, 1.82) is 0 Å². The highest BCUT2D eigenvalue weighted by Crippen LogP contribution is 2.23. The fourth-order valence-corrected chi connectivity index (χ4v) is 2.40. The fraction of sp³-hybridized carbons (Fsp3) is 0.400. The average molecular weight is 415 g/mol. The van der Waals surface area contributed by atoms with E-state index < -0.39 is 6.09 Å². The highest BCUT2D eigenvalue weighted by Gasteiger charge is 2.22. The van der Waals surface area contributed by atoms with Gasteiger partial charge in [0.15, 0.2) is 0 Å². The number of unbranched alkanes of at least 4 members (excludes halogenated alkanes) is 1. The minimum absolute atomic E-state index is 0.209. The van der Waals surface area contributed by atoms with Gasteiger partial charge >= 0.3 is 6.09 Å². The zero-order valence-corrected chi connectivity index (χ0v) is 14.7. The third kappa shape index (κ3) is 4.43. The minimum atomic E-state index is -0.421. The number of rotatable bonds is 6. The third-order valence-electron chi connectivity index (χ3n) is 2.94. The lowest BCUT2D eigenvalue weighted by Crippen LogP contribution is -2.32. The fourth-order valence-electron chi connectivity index (χ4n) is 1.81. The van der Waals surface area contributed by atoms with E-state index in [2.05, 4.69) is 32.6 Å². The summed E-state index contributed by atoms with van der Waals surface area (Å²) in [6.07, 6.45) is 6.26. The van der Waals surface area contributed by atoms with E-state index in [0.29, 0.717) is 18.2 Å². The summed E-state index contributed by atoms with van der Waals surface area (Å²) in [5, 5.41) is 0. The Morgan fingerprint density at radius 2 is 2.32 bits per heavy atom. The second kappa shape index (κ2) is 8.11. The molecule has 0 aliphatic heterocycles. The largest absolute Gasteiger partial charge is 0.449 e. The molecular weight excluding hydrogens is 397 g/mol. The highest BCUT2D eigenvalue weighted by molar-refractivity contribution is 14.1. The van der Waals surface area contributed by atoms with Crippen molar-refractivity contribution in [3.05, 3.63) is 39.9 Å². The number of ether oxygens (including phenoxy) is 1. The van der Waals surface area contributed by atoms with E-state index in [1.54, 1.807) is 18.7 Å². The number of pyridine rings is 1. The van der Waals surface area contributed by atoms with Gasteiger partial charge in [-0.15, -0.1) is 0 Å². The van der Waals surface area contributed by atoms with E-state index in [1.165, 1.54) is 4.90 Å². The molecule has 0 saturated heterocycles. The molecule has 0 fully saturated rings. The van der Waals surface area contributed by atoms with Gasteiger partial charge in [-0.1, -0.05) is 13.3 Å². The Labute approximate surface area is 143 Å². The normalized spacial score (nSPS) is 10.5. The van der Waals surface area contributed by atoms with Gasteiger partial charge in [0.25, 0.3) is 0 Å². The Kier molecular flexibility index (Phi) is 6.17. The summed E-state index contributed by atoms with van der Waals surface area (Å²) in [5.41, 5.74) is 1.45. The number of aromatic nitrogens is 2. The summed E-state index contributed by atoms with van der Waals surface area (Å²) in [5.74, 6) is 0.463. The van der Waals surface area contributed by atoms with Crippen LogP contribution in [0.25, 0.3) is 0 Å². The van der Waals surface area contributed by atoms with Crippen molar-refractivity contribution in [2.75, 3.05) is 11.5 Å². The van der Waals surface area contributed by atoms with Crippen LogP contribution in [0.1, 0.15) is 31.4 Å². The van der Waals surface area contributed by atoms with Gasteiger partial charge in [-0.25, -0.2) is 9.78 Å². The second-order valence-electron chi connectivity index (χ2n) is 4.76. The molecule has 0 spiro atoms. The number of hydrogen-bond acceptors (Lipinski definition) is 5. The quantitative estimate of drug-likeness (QED) is 0.529. The Morgan fingerprint density at radius 3 is 2.95 bits per heavy atom. The summed E-state index contributed by atoms with van der Waals surface area (Å²) >= 11 is 2.16. The third-order valence-corrected chi connectivity index (χ3v) is 3.86. The van der Waals surface area contributed by atoms with Gasteiger partial charge in [-0.3, -0.25) is 9.88 Å². The van der Waals surface area contributed by atoms with Crippen LogP contribution in [0.5, 0.6) is 0 Å². The molecule has 0 aliphatic carbocycles. The number of hydrogen-bond donors (Lipinski definition) is 0. The number of oxazole rings is 1. The van der Waals surface area contributed by atoms with Crippen LogP contribution in [0.15, 0.2) is 29.1 Å². The molecular formula is C15H18IN3O3. The summed E-state index contributed by atoms with van der Waals surface area (Å²) in [4.78, 5) is 22.2. The van der Waals surface area contributed by atoms with Crippen molar-refractivity contribution >= 4 is 34.4 Å². The molecule has 0 aromatic carbocycles. The SMILES string of the molecule is CCCCOC(=O)N(Cc1nc(C)co1)c1cnccc1I. The lowest BCUT2D eigenvalue weighted by Gasteiger charge is -2.21. The standard InChI is InChI=1S/C15H18IN3O3/c1-3-4-7-21-15(20)19(9-14-18-11(2)10-22-14)13-8-17-6-5-12(13)16/h5-6,8,10H,3-4,7,9H2,1-2H3. The van der Waals surface area contributed by atoms with Crippen molar-refractivity contribution in [3.8, 4) is 0 Å². The van der Waals surface area contributed by atoms with Crippen LogP contribution in [0.4, 0.5) is 10.5 Å². The summed E-state index contributed by atoms with van der Waals surface area (Å²) < 4.78 is 11.6. The molecule has 2 aromatic heterocycles. The Bertz CT molecular complexity index is 630. The Morgan fingerprint density at radius 1 is 1.50 bits per heavy atom. The monoisotopic (exact) mass is 415 g/mol. The van der Waals surface area contributed by atoms with Crippen LogP contribution in [-0.2, 0) is 11.3 Å². The number of aryl methyl sites for hydroxylation is 1. The molecule has 0 saturated carbocycles. The van der Waals surface area contributed by atoms with E-state index in [4.69, 9.17) is 9.15 Å². The lowest BCUT2D eigenvalue weighted by molar-refractivity contribution is 0.151. The predicted octanol–water partition coefficient (Wildman–Crippen LogP) is 3.93. The van der Waals surface area contributed by atoms with Crippen molar-refractivity contribution in [3.63, 3.8) is 0 Å². The van der Waals surface area contributed by atoms with Gasteiger partial charge in [-0.05, 0) is 42.0 Å². The summed E-state index contributed by atoms with van der Waals surface area (Å²) in [6.45, 7) is 4.49. The maximum atomic E-state index is 12.4. The van der Waals surface area contributed by atoms with E-state index >= 15 is 0 Å². The van der Waals surface area contributed by atoms with E-state index in [1.807, 2.05) is 19.9 Å². The van der Waals surface area contributed by atoms with Gasteiger partial charge in [-0.2, -0.15) is 0 Å². The number of halogens is 1. The minimum Gasteiger partial charge on any atom is -0.449 e. The van der Waals surface area contributed by atoms with Gasteiger partial charge < -0.3 is 9.15 Å². The summed E-state index contributed by atoms with van der Waals surface area (Å²) in [7, 11) is 0. The maximum Gasteiger partial charge on any atom is 0.414 e. The number of nitrogens with zero attached hydrogens (tertiary/aromatic N) is 3. The van der Waals surface area contributed by atoms with Crippen LogP contribution < -0.4 is 4.90 Å². The maximum absolute atomic E-state index is 12.4. The first-order valence-corrected chi connectivity index (χ1v) is 8.14. The van der Waals surface area contributed by atoms with Crippen LogP contribution in [0.2, 0.25) is 0 Å². The van der Waals surface area contributed by atoms with Crippen molar-refractivity contribution in [2.45, 2.75) is 33.2 Å². The number of carbonyl (C=O) groups is 1. The van der Waals surface area contributed by atoms with E-state index in [0.717, 1.165) is 22.1 Å². The molecule has 6 nitrogen and oxygen atoms in total. The molecule has 0 atom stereocenters. The number of carbonyl (C=O) groups excluding carboxylic acids is 1. The molecule has 2 aromatic rings. The molecule has 1 amide bonds. The molecule has 2 rings (SSSR count). The van der Waals surface area contributed by atoms with Crippen molar-refractivity contribution < 1.29 is 13.9 Å². The Balaban J connectivity index is 2.20. The first-order chi connectivity index (χ1) is 10.6. The molecule has 7 heteroatoms. The van der Waals surface area contributed by atoms with Gasteiger partial charge in [0.2, 0.25) is 5.89 Å². The van der Waals surface area contributed by atoms with Crippen LogP contribution in [0, 0.1) is 10.5 Å². The molecule has 0 unspecified atom stereocenters. The molecule has 22 heavy (non-hydrogen) atoms. The van der Waals surface area contributed by atoms with Crippen LogP contribution >= 0.6 is 22.6 Å². The highest BCUT2D eigenvalue weighted by atomic mass is 127. The van der Waals surface area contributed by atoms with Crippen LogP contribution in [-0.4, -0.2) is 22.7 Å². The predicted molar refractivity (Wildman–Crippen MR) is 90.6 cm³/mol. The summed E-state index contributed by atoms with van der Waals surface area (Å²) in [6, 6.07) is 1.84. The first kappa shape index (κ1) is 16.7. The Hall–Kier alpha value is -1.64. The molecule has 0 N–H and O–H groups in total. The van der Waals surface area contributed by atoms with E-state index in [-0.39, 0.29) is 6.54 Å². The lowest BCUT2D eigenvalue weighted by atomic mass is 10.3. The van der Waals surface area contributed by atoms with Gasteiger partial charge in [0.05, 0.1) is 24.2 Å². The molecule has 0 aliphatic rings. The van der Waals surface area contributed by atoms with Gasteiger partial charge in [0, 0.05) is 9.77 Å². The zero-order valence-electron chi connectivity index (χ0n) is 12.6. The molecule has 0 radical (unpaired) electrons. The smallest absolute Gasteiger partial charge is 0.414 e. The van der Waals surface area contributed by atoms with Crippen molar-refractivity contribution in [1.82, 2.24) is 9.97 Å². The molecule has 0 bridgehead atoms. The number of amides is 1. The molecule has 118 valence electrons. The number of anilines is 1. The second-order valence-corrected chi connectivity index (χ2v) is 5.93. The van der Waals surface area contributed by atoms with E-state index in [9.17, 15) is 4.79 Å². The van der Waals surface area contributed by atoms with Crippen LogP contribution in [0.3, 0.4) is 0 Å². The molecule has 2 heterocycles.